The smallest absolute Gasteiger partial charge is 0.341 e. The number of ether oxygens (including phenoxy) is 1. The number of nitro groups is 1. The molecule has 7 heteroatoms. The van der Waals surface area contributed by atoms with Crippen molar-refractivity contribution in [3.63, 3.8) is 0 Å². The van der Waals surface area contributed by atoms with Crippen LogP contribution in [0.3, 0.4) is 0 Å². The Morgan fingerprint density at radius 3 is 2.71 bits per heavy atom. The Labute approximate surface area is 101 Å². The number of hydrogen-bond donors (Lipinski definition) is 0. The molecule has 92 valence electrons. The molecule has 0 spiro atoms. The lowest BCUT2D eigenvalue weighted by Crippen LogP contribution is -2.09. The quantitative estimate of drug-likeness (QED) is 0.362. The molecule has 0 radical (unpaired) electrons. The molecule has 0 saturated heterocycles. The summed E-state index contributed by atoms with van der Waals surface area (Å²) in [4.78, 5) is 21.2. The molecule has 17 heavy (non-hydrogen) atoms. The van der Waals surface area contributed by atoms with Crippen LogP contribution in [0.15, 0.2) is 12.1 Å². The lowest BCUT2D eigenvalue weighted by Gasteiger charge is -2.05. The largest absolute Gasteiger partial charge is 0.462 e. The summed E-state index contributed by atoms with van der Waals surface area (Å²) in [6.07, 6.45) is 0. The topological polar surface area (TPSA) is 69.4 Å². The van der Waals surface area contributed by atoms with Crippen LogP contribution in [0.25, 0.3) is 0 Å². The number of halogens is 2. The Morgan fingerprint density at radius 2 is 2.24 bits per heavy atom. The van der Waals surface area contributed by atoms with Crippen molar-refractivity contribution in [1.29, 1.82) is 0 Å². The Balaban J connectivity index is 3.27. The van der Waals surface area contributed by atoms with Gasteiger partial charge in [-0.25, -0.2) is 9.18 Å². The maximum absolute atomic E-state index is 13.5. The minimum atomic E-state index is -0.996. The normalized spacial score (nSPS) is 10.1. The van der Waals surface area contributed by atoms with Gasteiger partial charge in [0.1, 0.15) is 5.82 Å². The van der Waals surface area contributed by atoms with Gasteiger partial charge in [0.15, 0.2) is 0 Å². The highest BCUT2D eigenvalue weighted by molar-refractivity contribution is 6.17. The minimum absolute atomic E-state index is 0.0705. The average molecular weight is 262 g/mol. The van der Waals surface area contributed by atoms with E-state index in [0.29, 0.717) is 6.07 Å². The molecule has 1 aromatic carbocycles. The number of nitrogens with zero attached hydrogens (tertiary/aromatic N) is 1. The number of hydrogen-bond acceptors (Lipinski definition) is 4. The van der Waals surface area contributed by atoms with Crippen LogP contribution in [0.5, 0.6) is 0 Å². The number of carbonyl (C=O) groups excluding carboxylic acids is 1. The molecule has 0 aliphatic carbocycles. The zero-order chi connectivity index (χ0) is 13.0. The summed E-state index contributed by atoms with van der Waals surface area (Å²) in [5, 5.41) is 10.6. The molecule has 0 aliphatic rings. The molecule has 0 atom stereocenters. The minimum Gasteiger partial charge on any atom is -0.462 e. The zero-order valence-electron chi connectivity index (χ0n) is 8.91. The van der Waals surface area contributed by atoms with Crippen molar-refractivity contribution in [3.05, 3.63) is 39.2 Å². The number of rotatable bonds is 4. The summed E-state index contributed by atoms with van der Waals surface area (Å²) >= 11 is 5.50. The van der Waals surface area contributed by atoms with Crippen molar-refractivity contribution in [2.45, 2.75) is 12.8 Å². The van der Waals surface area contributed by atoms with Crippen LogP contribution in [0.4, 0.5) is 10.1 Å². The predicted molar refractivity (Wildman–Crippen MR) is 58.6 cm³/mol. The van der Waals surface area contributed by atoms with E-state index >= 15 is 0 Å². The monoisotopic (exact) mass is 261 g/mol. The van der Waals surface area contributed by atoms with Gasteiger partial charge in [0.05, 0.1) is 29.0 Å². The van der Waals surface area contributed by atoms with Gasteiger partial charge >= 0.3 is 5.97 Å². The van der Waals surface area contributed by atoms with E-state index in [-0.39, 0.29) is 23.6 Å². The molecule has 1 aromatic rings. The maximum Gasteiger partial charge on any atom is 0.341 e. The van der Waals surface area contributed by atoms with Gasteiger partial charge in [0, 0.05) is 5.56 Å². The van der Waals surface area contributed by atoms with Gasteiger partial charge in [-0.15, -0.1) is 11.6 Å². The lowest BCUT2D eigenvalue weighted by molar-refractivity contribution is -0.385. The molecule has 0 heterocycles. The van der Waals surface area contributed by atoms with Crippen LogP contribution < -0.4 is 0 Å². The molecule has 0 saturated carbocycles. The van der Waals surface area contributed by atoms with E-state index in [4.69, 9.17) is 11.6 Å². The molecular weight excluding hydrogens is 253 g/mol. The summed E-state index contributed by atoms with van der Waals surface area (Å²) in [6, 6.07) is 1.71. The molecule has 0 aromatic heterocycles. The Kier molecular flexibility index (Phi) is 4.39. The molecule has 0 bridgehead atoms. The molecule has 0 fully saturated rings. The van der Waals surface area contributed by atoms with E-state index in [9.17, 15) is 19.3 Å². The van der Waals surface area contributed by atoms with Crippen LogP contribution in [0, 0.1) is 15.9 Å². The molecule has 0 aliphatic heterocycles. The van der Waals surface area contributed by atoms with Crippen LogP contribution in [0.1, 0.15) is 22.8 Å². The van der Waals surface area contributed by atoms with Crippen molar-refractivity contribution in [2.24, 2.45) is 0 Å². The van der Waals surface area contributed by atoms with E-state index in [2.05, 4.69) is 4.74 Å². The highest BCUT2D eigenvalue weighted by atomic mass is 35.5. The summed E-state index contributed by atoms with van der Waals surface area (Å²) in [7, 11) is 0. The highest BCUT2D eigenvalue weighted by Gasteiger charge is 2.21. The van der Waals surface area contributed by atoms with Gasteiger partial charge < -0.3 is 4.74 Å². The SMILES string of the molecule is CCOC(=O)c1cc(CCl)c([N+](=O)[O-])cc1F. The third-order valence-electron chi connectivity index (χ3n) is 2.00. The van der Waals surface area contributed by atoms with Crippen molar-refractivity contribution in [1.82, 2.24) is 0 Å². The van der Waals surface area contributed by atoms with E-state index in [0.717, 1.165) is 6.07 Å². The zero-order valence-corrected chi connectivity index (χ0v) is 9.66. The lowest BCUT2D eigenvalue weighted by atomic mass is 10.1. The fourth-order valence-electron chi connectivity index (χ4n) is 1.25. The average Bonchev–Trinajstić information content (AvgIpc) is 2.28. The standard InChI is InChI=1S/C10H9ClFNO4/c1-2-17-10(14)7-3-6(5-11)9(13(15)16)4-8(7)12/h3-4H,2,5H2,1H3. The molecule has 0 amide bonds. The van der Waals surface area contributed by atoms with Crippen molar-refractivity contribution < 1.29 is 18.8 Å². The number of benzene rings is 1. The molecule has 0 unspecified atom stereocenters. The summed E-state index contributed by atoms with van der Waals surface area (Å²) in [6.45, 7) is 1.66. The van der Waals surface area contributed by atoms with Gasteiger partial charge in [-0.05, 0) is 13.0 Å². The van der Waals surface area contributed by atoms with Crippen LogP contribution >= 0.6 is 11.6 Å². The van der Waals surface area contributed by atoms with Crippen molar-refractivity contribution in [3.8, 4) is 0 Å². The van der Waals surface area contributed by atoms with Gasteiger partial charge in [-0.2, -0.15) is 0 Å². The highest BCUT2D eigenvalue weighted by Crippen LogP contribution is 2.24. The van der Waals surface area contributed by atoms with Crippen LogP contribution in [0.2, 0.25) is 0 Å². The van der Waals surface area contributed by atoms with Gasteiger partial charge in [-0.3, -0.25) is 10.1 Å². The third kappa shape index (κ3) is 2.91. The molecule has 1 rings (SSSR count). The first-order valence-electron chi connectivity index (χ1n) is 4.71. The Bertz CT molecular complexity index is 464. The first-order chi connectivity index (χ1) is 8.01. The van der Waals surface area contributed by atoms with Gasteiger partial charge in [0.25, 0.3) is 5.69 Å². The van der Waals surface area contributed by atoms with E-state index in [1.807, 2.05) is 0 Å². The summed E-state index contributed by atoms with van der Waals surface area (Å²) < 4.78 is 18.1. The predicted octanol–water partition coefficient (Wildman–Crippen LogP) is 2.65. The van der Waals surface area contributed by atoms with Crippen molar-refractivity contribution in [2.75, 3.05) is 6.61 Å². The van der Waals surface area contributed by atoms with Crippen molar-refractivity contribution >= 4 is 23.3 Å². The third-order valence-corrected chi connectivity index (χ3v) is 2.29. The van der Waals surface area contributed by atoms with E-state index < -0.39 is 22.4 Å². The molecular formula is C10H9ClFNO4. The second kappa shape index (κ2) is 5.58. The first kappa shape index (κ1) is 13.4. The van der Waals surface area contributed by atoms with E-state index in [1.54, 1.807) is 6.92 Å². The fourth-order valence-corrected chi connectivity index (χ4v) is 1.46. The summed E-state index contributed by atoms with van der Waals surface area (Å²) in [5.74, 6) is -2.06. The Morgan fingerprint density at radius 1 is 1.59 bits per heavy atom. The number of esters is 1. The van der Waals surface area contributed by atoms with Gasteiger partial charge in [-0.1, -0.05) is 0 Å². The maximum atomic E-state index is 13.5. The van der Waals surface area contributed by atoms with Crippen LogP contribution in [-0.4, -0.2) is 17.5 Å². The Hall–Kier alpha value is -1.69. The summed E-state index contributed by atoms with van der Waals surface area (Å²) in [5.41, 5.74) is -0.736. The molecule has 5 nitrogen and oxygen atoms in total. The fraction of sp³-hybridized carbons (Fsp3) is 0.300. The van der Waals surface area contributed by atoms with Crippen LogP contribution in [-0.2, 0) is 10.6 Å². The number of carbonyl (C=O) groups is 1. The second-order valence-electron chi connectivity index (χ2n) is 3.07. The first-order valence-corrected chi connectivity index (χ1v) is 5.24. The van der Waals surface area contributed by atoms with Gasteiger partial charge in [0.2, 0.25) is 0 Å². The second-order valence-corrected chi connectivity index (χ2v) is 3.34. The number of alkyl halides is 1. The molecule has 0 N–H and O–H groups in total. The number of nitro benzene ring substituents is 1. The van der Waals surface area contributed by atoms with E-state index in [1.165, 1.54) is 0 Å².